The van der Waals surface area contributed by atoms with E-state index >= 15 is 0 Å². The first kappa shape index (κ1) is 16.4. The van der Waals surface area contributed by atoms with E-state index in [1.165, 1.54) is 10.8 Å². The molecule has 0 radical (unpaired) electrons. The van der Waals surface area contributed by atoms with Crippen LogP contribution in [-0.4, -0.2) is 4.57 Å². The summed E-state index contributed by atoms with van der Waals surface area (Å²) in [6.07, 6.45) is 2.11. The first-order valence-corrected chi connectivity index (χ1v) is 9.47. The van der Waals surface area contributed by atoms with Gasteiger partial charge in [0.2, 0.25) is 0 Å². The third-order valence-corrected chi connectivity index (χ3v) is 5.00. The Bertz CT molecular complexity index is 1210. The van der Waals surface area contributed by atoms with Gasteiger partial charge in [0.15, 0.2) is 0 Å². The van der Waals surface area contributed by atoms with Crippen LogP contribution in [0.3, 0.4) is 0 Å². The predicted molar refractivity (Wildman–Crippen MR) is 118 cm³/mol. The van der Waals surface area contributed by atoms with E-state index in [1.54, 1.807) is 0 Å². The molecule has 28 heavy (non-hydrogen) atoms. The van der Waals surface area contributed by atoms with Crippen molar-refractivity contribution in [2.45, 2.75) is 0 Å². The maximum atomic E-state index is 2.30. The average Bonchev–Trinajstić information content (AvgIpc) is 3.25. The molecule has 4 aromatic carbocycles. The zero-order chi connectivity index (χ0) is 18.8. The summed E-state index contributed by atoms with van der Waals surface area (Å²) >= 11 is 0. The number of rotatable bonds is 4. The van der Waals surface area contributed by atoms with Crippen molar-refractivity contribution in [1.82, 2.24) is 4.57 Å². The Hall–Kier alpha value is -3.78. The van der Waals surface area contributed by atoms with E-state index in [2.05, 4.69) is 125 Å². The summed E-state index contributed by atoms with van der Waals surface area (Å²) in [7, 11) is 0. The molecule has 0 saturated heterocycles. The van der Waals surface area contributed by atoms with Gasteiger partial charge < -0.3 is 4.57 Å². The van der Waals surface area contributed by atoms with Crippen molar-refractivity contribution in [2.75, 3.05) is 4.90 Å². The number of aromatic nitrogens is 1. The van der Waals surface area contributed by atoms with Gasteiger partial charge in [-0.05, 0) is 59.3 Å². The van der Waals surface area contributed by atoms with Crippen LogP contribution >= 0.6 is 0 Å². The van der Waals surface area contributed by atoms with E-state index in [0.717, 1.165) is 22.9 Å². The topological polar surface area (TPSA) is 8.17 Å². The van der Waals surface area contributed by atoms with E-state index in [-0.39, 0.29) is 0 Å². The fraction of sp³-hybridized carbons (Fsp3) is 0. The lowest BCUT2D eigenvalue weighted by molar-refractivity contribution is 1.04. The summed E-state index contributed by atoms with van der Waals surface area (Å²) < 4.78 is 2.22. The maximum absolute atomic E-state index is 2.30. The first-order valence-electron chi connectivity index (χ1n) is 9.47. The predicted octanol–water partition coefficient (Wildman–Crippen LogP) is 7.10. The molecule has 0 aliphatic carbocycles. The van der Waals surface area contributed by atoms with Crippen LogP contribution in [-0.2, 0) is 0 Å². The van der Waals surface area contributed by atoms with Crippen molar-refractivity contribution in [3.05, 3.63) is 121 Å². The fourth-order valence-electron chi connectivity index (χ4n) is 3.67. The standard InChI is InChI=1S/C26H20N2/c1-3-12-23(13-4-1)27-19-9-16-26(27)28(24-14-5-2-6-15-24)25-18-17-21-10-7-8-11-22(21)20-25/h1-20H. The first-order chi connectivity index (χ1) is 13.9. The summed E-state index contributed by atoms with van der Waals surface area (Å²) in [5, 5.41) is 2.48. The third kappa shape index (κ3) is 2.95. The molecule has 0 aliphatic heterocycles. The van der Waals surface area contributed by atoms with Crippen molar-refractivity contribution in [1.29, 1.82) is 0 Å². The molecule has 0 bridgehead atoms. The molecule has 5 aromatic rings. The van der Waals surface area contributed by atoms with Crippen molar-refractivity contribution in [3.63, 3.8) is 0 Å². The largest absolute Gasteiger partial charge is 0.303 e. The molecule has 134 valence electrons. The molecule has 0 aliphatic rings. The van der Waals surface area contributed by atoms with Gasteiger partial charge in [0.05, 0.1) is 0 Å². The Morgan fingerprint density at radius 2 is 1.18 bits per heavy atom. The molecule has 0 spiro atoms. The highest BCUT2D eigenvalue weighted by atomic mass is 15.2. The van der Waals surface area contributed by atoms with E-state index in [0.29, 0.717) is 0 Å². The van der Waals surface area contributed by atoms with Crippen LogP contribution in [0, 0.1) is 0 Å². The van der Waals surface area contributed by atoms with Gasteiger partial charge in [0, 0.05) is 23.3 Å². The normalized spacial score (nSPS) is 10.9. The van der Waals surface area contributed by atoms with Gasteiger partial charge in [-0.25, -0.2) is 0 Å². The van der Waals surface area contributed by atoms with Crippen molar-refractivity contribution >= 4 is 28.0 Å². The molecule has 0 fully saturated rings. The summed E-state index contributed by atoms with van der Waals surface area (Å²) in [6, 6.07) is 40.4. The summed E-state index contributed by atoms with van der Waals surface area (Å²) in [5.41, 5.74) is 3.42. The van der Waals surface area contributed by atoms with Gasteiger partial charge >= 0.3 is 0 Å². The smallest absolute Gasteiger partial charge is 0.122 e. The molecule has 1 heterocycles. The van der Waals surface area contributed by atoms with E-state index in [9.17, 15) is 0 Å². The zero-order valence-electron chi connectivity index (χ0n) is 15.4. The Morgan fingerprint density at radius 1 is 0.500 bits per heavy atom. The number of benzene rings is 4. The van der Waals surface area contributed by atoms with Crippen molar-refractivity contribution in [2.24, 2.45) is 0 Å². The summed E-state index contributed by atoms with van der Waals surface area (Å²) in [5.74, 6) is 1.10. The molecule has 0 saturated carbocycles. The lowest BCUT2D eigenvalue weighted by Crippen LogP contribution is -2.13. The molecule has 0 N–H and O–H groups in total. The van der Waals surface area contributed by atoms with Crippen LogP contribution in [0.1, 0.15) is 0 Å². The zero-order valence-corrected chi connectivity index (χ0v) is 15.4. The maximum Gasteiger partial charge on any atom is 0.122 e. The van der Waals surface area contributed by atoms with Gasteiger partial charge in [-0.15, -0.1) is 0 Å². The number of hydrogen-bond acceptors (Lipinski definition) is 1. The van der Waals surface area contributed by atoms with Gasteiger partial charge in [0.1, 0.15) is 5.82 Å². The highest BCUT2D eigenvalue weighted by Gasteiger charge is 2.16. The minimum absolute atomic E-state index is 1.10. The molecule has 1 aromatic heterocycles. The lowest BCUT2D eigenvalue weighted by atomic mass is 10.1. The molecule has 2 heteroatoms. The Morgan fingerprint density at radius 3 is 1.96 bits per heavy atom. The van der Waals surface area contributed by atoms with Crippen LogP contribution in [0.4, 0.5) is 17.2 Å². The molecule has 2 nitrogen and oxygen atoms in total. The van der Waals surface area contributed by atoms with Crippen LogP contribution in [0.15, 0.2) is 121 Å². The quantitative estimate of drug-likeness (QED) is 0.332. The SMILES string of the molecule is c1ccc(N(c2ccc3ccccc3c2)c2cccn2-c2ccccc2)cc1. The molecule has 0 unspecified atom stereocenters. The third-order valence-electron chi connectivity index (χ3n) is 5.00. The van der Waals surface area contributed by atoms with Crippen LogP contribution in [0.2, 0.25) is 0 Å². The van der Waals surface area contributed by atoms with Gasteiger partial charge in [-0.3, -0.25) is 4.90 Å². The van der Waals surface area contributed by atoms with E-state index < -0.39 is 0 Å². The average molecular weight is 360 g/mol. The van der Waals surface area contributed by atoms with Gasteiger partial charge in [-0.2, -0.15) is 0 Å². The molecule has 0 amide bonds. The second-order valence-corrected chi connectivity index (χ2v) is 6.77. The summed E-state index contributed by atoms with van der Waals surface area (Å²) in [6.45, 7) is 0. The van der Waals surface area contributed by atoms with Gasteiger partial charge in [-0.1, -0.05) is 66.7 Å². The minimum Gasteiger partial charge on any atom is -0.303 e. The Kier molecular flexibility index (Phi) is 4.15. The molecular formula is C26H20N2. The summed E-state index contributed by atoms with van der Waals surface area (Å²) in [4.78, 5) is 2.30. The number of hydrogen-bond donors (Lipinski definition) is 0. The molecule has 0 atom stereocenters. The minimum atomic E-state index is 1.10. The second kappa shape index (κ2) is 7.09. The van der Waals surface area contributed by atoms with Crippen LogP contribution in [0.5, 0.6) is 0 Å². The van der Waals surface area contributed by atoms with Crippen molar-refractivity contribution < 1.29 is 0 Å². The van der Waals surface area contributed by atoms with E-state index in [4.69, 9.17) is 0 Å². The molecular weight excluding hydrogens is 340 g/mol. The number of nitrogens with zero attached hydrogens (tertiary/aromatic N) is 2. The molecule has 5 rings (SSSR count). The van der Waals surface area contributed by atoms with Crippen LogP contribution < -0.4 is 4.90 Å². The number of anilines is 3. The Balaban J connectivity index is 1.71. The monoisotopic (exact) mass is 360 g/mol. The number of para-hydroxylation sites is 2. The van der Waals surface area contributed by atoms with Crippen molar-refractivity contribution in [3.8, 4) is 5.69 Å². The highest BCUT2D eigenvalue weighted by Crippen LogP contribution is 2.37. The lowest BCUT2D eigenvalue weighted by Gasteiger charge is -2.27. The van der Waals surface area contributed by atoms with E-state index in [1.807, 2.05) is 6.07 Å². The van der Waals surface area contributed by atoms with Crippen LogP contribution in [0.25, 0.3) is 16.5 Å². The Labute approximate surface area is 164 Å². The van der Waals surface area contributed by atoms with Gasteiger partial charge in [0.25, 0.3) is 0 Å². The number of fused-ring (bicyclic) bond motifs is 1. The highest BCUT2D eigenvalue weighted by molar-refractivity contribution is 5.89. The second-order valence-electron chi connectivity index (χ2n) is 6.77. The fourth-order valence-corrected chi connectivity index (χ4v) is 3.67.